The Morgan fingerprint density at radius 2 is 1.83 bits per heavy atom. The number of rotatable bonds is 3. The monoisotopic (exact) mass is 261 g/mol. The Labute approximate surface area is 101 Å². The molecule has 0 heterocycles. The Bertz CT molecular complexity index is 440. The first-order valence-electron chi connectivity index (χ1n) is 5.47. The van der Waals surface area contributed by atoms with Gasteiger partial charge in [0.1, 0.15) is 6.17 Å². The summed E-state index contributed by atoms with van der Waals surface area (Å²) in [7, 11) is 0. The number of hydrogen-bond donors (Lipinski definition) is 1. The topological polar surface area (TPSA) is 29.1 Å². The second kappa shape index (κ2) is 4.59. The Morgan fingerprint density at radius 3 is 2.28 bits per heavy atom. The summed E-state index contributed by atoms with van der Waals surface area (Å²) in [6.45, 7) is 0.223. The fourth-order valence-electron chi connectivity index (χ4n) is 1.56. The van der Waals surface area contributed by atoms with Crippen molar-refractivity contribution in [1.82, 2.24) is 5.32 Å². The van der Waals surface area contributed by atoms with Crippen LogP contribution >= 0.6 is 0 Å². The van der Waals surface area contributed by atoms with E-state index < -0.39 is 23.8 Å². The van der Waals surface area contributed by atoms with Crippen LogP contribution in [0, 0.1) is 5.92 Å². The van der Waals surface area contributed by atoms with Gasteiger partial charge in [-0.25, -0.2) is 4.39 Å². The lowest BCUT2D eigenvalue weighted by atomic mass is 10.1. The van der Waals surface area contributed by atoms with Crippen molar-refractivity contribution >= 4 is 5.91 Å². The lowest BCUT2D eigenvalue weighted by molar-refractivity contribution is -0.137. The molecule has 0 saturated heterocycles. The van der Waals surface area contributed by atoms with Crippen molar-refractivity contribution in [2.75, 3.05) is 6.54 Å². The first-order chi connectivity index (χ1) is 8.38. The molecule has 2 atom stereocenters. The van der Waals surface area contributed by atoms with Gasteiger partial charge in [0.2, 0.25) is 0 Å². The number of hydrogen-bond acceptors (Lipinski definition) is 1. The third kappa shape index (κ3) is 3.00. The largest absolute Gasteiger partial charge is 0.416 e. The van der Waals surface area contributed by atoms with E-state index in [1.165, 1.54) is 0 Å². The molecule has 1 saturated carbocycles. The van der Waals surface area contributed by atoms with E-state index in [9.17, 15) is 22.4 Å². The van der Waals surface area contributed by atoms with Gasteiger partial charge in [-0.3, -0.25) is 4.79 Å². The SMILES string of the molecule is O=C(NCC1CC1F)c1ccc(C(F)(F)F)cc1. The van der Waals surface area contributed by atoms with Gasteiger partial charge in [-0.1, -0.05) is 0 Å². The molecule has 98 valence electrons. The molecule has 1 aliphatic carbocycles. The lowest BCUT2D eigenvalue weighted by Crippen LogP contribution is -2.26. The van der Waals surface area contributed by atoms with E-state index in [0.29, 0.717) is 6.42 Å². The molecular formula is C12H11F4NO. The molecule has 0 aliphatic heterocycles. The smallest absolute Gasteiger partial charge is 0.352 e. The Morgan fingerprint density at radius 1 is 1.28 bits per heavy atom. The van der Waals surface area contributed by atoms with E-state index in [1.54, 1.807) is 0 Å². The number of amides is 1. The van der Waals surface area contributed by atoms with E-state index in [-0.39, 0.29) is 18.0 Å². The highest BCUT2D eigenvalue weighted by atomic mass is 19.4. The number of carbonyl (C=O) groups excluding carboxylic acids is 1. The van der Waals surface area contributed by atoms with Crippen LogP contribution in [0.25, 0.3) is 0 Å². The molecule has 0 bridgehead atoms. The Kier molecular flexibility index (Phi) is 3.28. The minimum Gasteiger partial charge on any atom is -0.352 e. The molecule has 2 rings (SSSR count). The van der Waals surface area contributed by atoms with E-state index in [0.717, 1.165) is 24.3 Å². The van der Waals surface area contributed by atoms with Gasteiger partial charge >= 0.3 is 6.18 Å². The lowest BCUT2D eigenvalue weighted by Gasteiger charge is -2.08. The summed E-state index contributed by atoms with van der Waals surface area (Å²) in [5, 5.41) is 2.49. The zero-order valence-corrected chi connectivity index (χ0v) is 9.30. The molecule has 1 amide bonds. The standard InChI is InChI=1S/C12H11F4NO/c13-10-5-8(10)6-17-11(18)7-1-3-9(4-2-7)12(14,15)16/h1-4,8,10H,5-6H2,(H,17,18). The highest BCUT2D eigenvalue weighted by molar-refractivity contribution is 5.94. The highest BCUT2D eigenvalue weighted by Crippen LogP contribution is 2.33. The molecule has 1 fully saturated rings. The molecular weight excluding hydrogens is 250 g/mol. The minimum atomic E-state index is -4.41. The number of nitrogens with one attached hydrogen (secondary N) is 1. The molecule has 1 aromatic carbocycles. The van der Waals surface area contributed by atoms with Crippen LogP contribution < -0.4 is 5.32 Å². The maximum atomic E-state index is 12.5. The third-order valence-corrected chi connectivity index (χ3v) is 2.84. The van der Waals surface area contributed by atoms with E-state index in [1.807, 2.05) is 0 Å². The predicted octanol–water partition coefficient (Wildman–Crippen LogP) is 2.79. The molecule has 2 unspecified atom stereocenters. The van der Waals surface area contributed by atoms with Crippen LogP contribution in [0.3, 0.4) is 0 Å². The zero-order chi connectivity index (χ0) is 13.3. The quantitative estimate of drug-likeness (QED) is 0.833. The van der Waals surface area contributed by atoms with Gasteiger partial charge in [-0.05, 0) is 30.7 Å². The molecule has 2 nitrogen and oxygen atoms in total. The van der Waals surface area contributed by atoms with Gasteiger partial charge in [0, 0.05) is 18.0 Å². The zero-order valence-electron chi connectivity index (χ0n) is 9.30. The van der Waals surface area contributed by atoms with Gasteiger partial charge in [-0.2, -0.15) is 13.2 Å². The van der Waals surface area contributed by atoms with Crippen molar-refractivity contribution in [1.29, 1.82) is 0 Å². The summed E-state index contributed by atoms with van der Waals surface area (Å²) >= 11 is 0. The first kappa shape index (κ1) is 12.9. The fourth-order valence-corrected chi connectivity index (χ4v) is 1.56. The van der Waals surface area contributed by atoms with Gasteiger partial charge in [-0.15, -0.1) is 0 Å². The van der Waals surface area contributed by atoms with Crippen molar-refractivity contribution in [3.63, 3.8) is 0 Å². The van der Waals surface area contributed by atoms with Crippen molar-refractivity contribution in [3.8, 4) is 0 Å². The summed E-state index contributed by atoms with van der Waals surface area (Å²) in [5.41, 5.74) is -0.663. The number of carbonyl (C=O) groups is 1. The molecule has 1 N–H and O–H groups in total. The average molecular weight is 261 g/mol. The molecule has 1 aliphatic rings. The van der Waals surface area contributed by atoms with Crippen LogP contribution in [0.1, 0.15) is 22.3 Å². The maximum absolute atomic E-state index is 12.5. The van der Waals surface area contributed by atoms with Crippen molar-refractivity contribution in [2.24, 2.45) is 5.92 Å². The van der Waals surface area contributed by atoms with E-state index >= 15 is 0 Å². The predicted molar refractivity (Wildman–Crippen MR) is 56.8 cm³/mol. The fraction of sp³-hybridized carbons (Fsp3) is 0.417. The van der Waals surface area contributed by atoms with E-state index in [2.05, 4.69) is 5.32 Å². The molecule has 18 heavy (non-hydrogen) atoms. The van der Waals surface area contributed by atoms with Crippen LogP contribution in [0.5, 0.6) is 0 Å². The second-order valence-corrected chi connectivity index (χ2v) is 4.30. The van der Waals surface area contributed by atoms with Gasteiger partial charge in [0.25, 0.3) is 5.91 Å². The van der Waals surface area contributed by atoms with Gasteiger partial charge in [0.05, 0.1) is 5.56 Å². The number of halogens is 4. The van der Waals surface area contributed by atoms with Crippen LogP contribution in [-0.2, 0) is 6.18 Å². The van der Waals surface area contributed by atoms with Crippen LogP contribution in [0.4, 0.5) is 17.6 Å². The summed E-state index contributed by atoms with van der Waals surface area (Å²) < 4.78 is 49.4. The summed E-state index contributed by atoms with van der Waals surface area (Å²) in [6, 6.07) is 3.92. The maximum Gasteiger partial charge on any atom is 0.416 e. The summed E-state index contributed by atoms with van der Waals surface area (Å²) in [6.07, 6.45) is -4.84. The summed E-state index contributed by atoms with van der Waals surface area (Å²) in [4.78, 5) is 11.5. The molecule has 0 radical (unpaired) electrons. The average Bonchev–Trinajstić information content (AvgIpc) is 3.01. The Balaban J connectivity index is 1.94. The van der Waals surface area contributed by atoms with Crippen molar-refractivity contribution in [2.45, 2.75) is 18.8 Å². The third-order valence-electron chi connectivity index (χ3n) is 2.84. The highest BCUT2D eigenvalue weighted by Gasteiger charge is 2.37. The molecule has 1 aromatic rings. The van der Waals surface area contributed by atoms with Crippen molar-refractivity contribution < 1.29 is 22.4 Å². The normalized spacial score (nSPS) is 22.7. The first-order valence-corrected chi connectivity index (χ1v) is 5.47. The van der Waals surface area contributed by atoms with E-state index in [4.69, 9.17) is 0 Å². The number of alkyl halides is 4. The van der Waals surface area contributed by atoms with Gasteiger partial charge in [0.15, 0.2) is 0 Å². The van der Waals surface area contributed by atoms with Crippen LogP contribution in [-0.4, -0.2) is 18.6 Å². The Hall–Kier alpha value is -1.59. The van der Waals surface area contributed by atoms with Gasteiger partial charge < -0.3 is 5.32 Å². The second-order valence-electron chi connectivity index (χ2n) is 4.30. The number of benzene rings is 1. The molecule has 0 spiro atoms. The minimum absolute atomic E-state index is 0.138. The summed E-state index contributed by atoms with van der Waals surface area (Å²) in [5.74, 6) is -0.633. The van der Waals surface area contributed by atoms with Crippen LogP contribution in [0.2, 0.25) is 0 Å². The van der Waals surface area contributed by atoms with Crippen molar-refractivity contribution in [3.05, 3.63) is 35.4 Å². The van der Waals surface area contributed by atoms with Crippen LogP contribution in [0.15, 0.2) is 24.3 Å². The molecule has 6 heteroatoms. The molecule has 0 aromatic heterocycles.